The number of nitrogens with zero attached hydrogens (tertiary/aromatic N) is 4. The second-order valence-electron chi connectivity index (χ2n) is 6.30. The van der Waals surface area contributed by atoms with E-state index in [9.17, 15) is 13.2 Å². The normalized spacial score (nSPS) is 18.8. The molecule has 1 fully saturated rings. The minimum absolute atomic E-state index is 0.0661. The van der Waals surface area contributed by atoms with Crippen molar-refractivity contribution in [2.24, 2.45) is 0 Å². The number of amides is 1. The van der Waals surface area contributed by atoms with E-state index in [1.165, 1.54) is 11.8 Å². The molecule has 0 aliphatic carbocycles. The Morgan fingerprint density at radius 3 is 2.81 bits per heavy atom. The summed E-state index contributed by atoms with van der Waals surface area (Å²) in [4.78, 5) is 14.3. The molecule has 26 heavy (non-hydrogen) atoms. The second-order valence-corrected chi connectivity index (χ2v) is 9.47. The Balaban J connectivity index is 1.69. The van der Waals surface area contributed by atoms with E-state index in [1.807, 2.05) is 42.7 Å². The van der Waals surface area contributed by atoms with Crippen LogP contribution in [0.4, 0.5) is 0 Å². The fourth-order valence-electron chi connectivity index (χ4n) is 3.19. The van der Waals surface area contributed by atoms with Gasteiger partial charge in [-0.25, -0.2) is 8.42 Å². The van der Waals surface area contributed by atoms with E-state index >= 15 is 0 Å². The van der Waals surface area contributed by atoms with Gasteiger partial charge in [0.05, 0.1) is 22.9 Å². The van der Waals surface area contributed by atoms with Crippen LogP contribution < -0.4 is 0 Å². The summed E-state index contributed by atoms with van der Waals surface area (Å²) in [5, 5.41) is 8.73. The van der Waals surface area contributed by atoms with Crippen LogP contribution in [0.15, 0.2) is 35.7 Å². The smallest absolute Gasteiger partial charge is 0.233 e. The number of aromatic nitrogens is 3. The first kappa shape index (κ1) is 18.9. The standard InChI is InChI=1S/C17H22N4O3S2/c1-3-20(14-8-9-26(23,24)11-14)16(22)10-25-17-19-18-12-21(17)15-7-5-4-6-13(15)2/h4-7,12,14H,3,8-11H2,1-2H3. The molecule has 0 bridgehead atoms. The minimum Gasteiger partial charge on any atom is -0.338 e. The molecule has 0 N–H and O–H groups in total. The Morgan fingerprint density at radius 2 is 2.15 bits per heavy atom. The molecule has 1 unspecified atom stereocenters. The zero-order valence-corrected chi connectivity index (χ0v) is 16.5. The van der Waals surface area contributed by atoms with Gasteiger partial charge in [-0.1, -0.05) is 30.0 Å². The molecule has 9 heteroatoms. The summed E-state index contributed by atoms with van der Waals surface area (Å²) in [6.45, 7) is 4.39. The molecule has 0 spiro atoms. The van der Waals surface area contributed by atoms with Crippen LogP contribution in [-0.2, 0) is 14.6 Å². The highest BCUT2D eigenvalue weighted by Crippen LogP contribution is 2.23. The summed E-state index contributed by atoms with van der Waals surface area (Å²) >= 11 is 1.32. The number of sulfone groups is 1. The fraction of sp³-hybridized carbons (Fsp3) is 0.471. The van der Waals surface area contributed by atoms with Crippen LogP contribution in [0.1, 0.15) is 18.9 Å². The van der Waals surface area contributed by atoms with E-state index < -0.39 is 9.84 Å². The van der Waals surface area contributed by atoms with Gasteiger partial charge in [0.1, 0.15) is 6.33 Å². The Morgan fingerprint density at radius 1 is 1.38 bits per heavy atom. The Kier molecular flexibility index (Phi) is 5.67. The van der Waals surface area contributed by atoms with E-state index in [1.54, 1.807) is 11.2 Å². The highest BCUT2D eigenvalue weighted by Gasteiger charge is 2.33. The quantitative estimate of drug-likeness (QED) is 0.694. The summed E-state index contributed by atoms with van der Waals surface area (Å²) in [7, 11) is -3.02. The van der Waals surface area contributed by atoms with Crippen molar-refractivity contribution in [2.45, 2.75) is 31.5 Å². The van der Waals surface area contributed by atoms with E-state index in [2.05, 4.69) is 10.2 Å². The van der Waals surface area contributed by atoms with Crippen molar-refractivity contribution in [3.8, 4) is 5.69 Å². The molecule has 1 aromatic heterocycles. The molecule has 1 saturated heterocycles. The third-order valence-corrected chi connectivity index (χ3v) is 7.20. The highest BCUT2D eigenvalue weighted by atomic mass is 32.2. The first-order valence-corrected chi connectivity index (χ1v) is 11.3. The van der Waals surface area contributed by atoms with Gasteiger partial charge in [0.25, 0.3) is 0 Å². The summed E-state index contributed by atoms with van der Waals surface area (Å²) < 4.78 is 25.3. The molecule has 1 aliphatic heterocycles. The highest BCUT2D eigenvalue weighted by molar-refractivity contribution is 7.99. The topological polar surface area (TPSA) is 85.2 Å². The van der Waals surface area contributed by atoms with Crippen LogP contribution in [0.2, 0.25) is 0 Å². The van der Waals surface area contributed by atoms with E-state index in [0.29, 0.717) is 18.1 Å². The monoisotopic (exact) mass is 394 g/mol. The van der Waals surface area contributed by atoms with Gasteiger partial charge >= 0.3 is 0 Å². The lowest BCUT2D eigenvalue weighted by Gasteiger charge is -2.26. The van der Waals surface area contributed by atoms with Crippen LogP contribution in [0.3, 0.4) is 0 Å². The van der Waals surface area contributed by atoms with Gasteiger partial charge in [0.2, 0.25) is 5.91 Å². The predicted octanol–water partition coefficient (Wildman–Crippen LogP) is 1.70. The number of benzene rings is 1. The van der Waals surface area contributed by atoms with Crippen LogP contribution in [-0.4, -0.2) is 63.8 Å². The molecule has 7 nitrogen and oxygen atoms in total. The lowest BCUT2D eigenvalue weighted by atomic mass is 10.2. The van der Waals surface area contributed by atoms with Crippen molar-refractivity contribution in [3.05, 3.63) is 36.2 Å². The van der Waals surface area contributed by atoms with Crippen molar-refractivity contribution in [3.63, 3.8) is 0 Å². The number of carbonyl (C=O) groups excluding carboxylic acids is 1. The van der Waals surface area contributed by atoms with E-state index in [-0.39, 0.29) is 29.2 Å². The van der Waals surface area contributed by atoms with Crippen LogP contribution >= 0.6 is 11.8 Å². The third kappa shape index (κ3) is 4.09. The predicted molar refractivity (Wildman–Crippen MR) is 101 cm³/mol. The average molecular weight is 395 g/mol. The average Bonchev–Trinajstić information content (AvgIpc) is 3.20. The van der Waals surface area contributed by atoms with Gasteiger partial charge in [-0.15, -0.1) is 10.2 Å². The number of thioether (sulfide) groups is 1. The number of aryl methyl sites for hydroxylation is 1. The van der Waals surface area contributed by atoms with Gasteiger partial charge in [0, 0.05) is 12.6 Å². The van der Waals surface area contributed by atoms with Gasteiger partial charge in [0.15, 0.2) is 15.0 Å². The van der Waals surface area contributed by atoms with Crippen LogP contribution in [0.5, 0.6) is 0 Å². The summed E-state index contributed by atoms with van der Waals surface area (Å²) in [5.74, 6) is 0.362. The number of rotatable bonds is 6. The molecule has 1 amide bonds. The Hall–Kier alpha value is -1.87. The maximum absolute atomic E-state index is 12.6. The zero-order chi connectivity index (χ0) is 18.7. The zero-order valence-electron chi connectivity index (χ0n) is 14.8. The molecule has 3 rings (SSSR count). The second kappa shape index (κ2) is 7.79. The molecule has 0 radical (unpaired) electrons. The molecule has 0 saturated carbocycles. The molecule has 2 aromatic rings. The SMILES string of the molecule is CCN(C(=O)CSc1nncn1-c1ccccc1C)C1CCS(=O)(=O)C1. The molecule has 1 aromatic carbocycles. The Bertz CT molecular complexity index is 895. The Labute approximate surface area is 157 Å². The summed E-state index contributed by atoms with van der Waals surface area (Å²) in [5.41, 5.74) is 2.06. The molecular weight excluding hydrogens is 372 g/mol. The van der Waals surface area contributed by atoms with E-state index in [4.69, 9.17) is 0 Å². The van der Waals surface area contributed by atoms with Gasteiger partial charge in [-0.3, -0.25) is 9.36 Å². The number of carbonyl (C=O) groups is 1. The molecule has 1 atom stereocenters. The first-order chi connectivity index (χ1) is 12.4. The first-order valence-electron chi connectivity index (χ1n) is 8.50. The maximum Gasteiger partial charge on any atom is 0.233 e. The lowest BCUT2D eigenvalue weighted by molar-refractivity contribution is -0.129. The van der Waals surface area contributed by atoms with Gasteiger partial charge in [-0.2, -0.15) is 0 Å². The van der Waals surface area contributed by atoms with E-state index in [0.717, 1.165) is 11.3 Å². The van der Waals surface area contributed by atoms with Crippen molar-refractivity contribution >= 4 is 27.5 Å². The summed E-state index contributed by atoms with van der Waals surface area (Å²) in [6.07, 6.45) is 2.16. The maximum atomic E-state index is 12.6. The van der Waals surface area contributed by atoms with Crippen molar-refractivity contribution in [1.29, 1.82) is 0 Å². The lowest BCUT2D eigenvalue weighted by Crippen LogP contribution is -2.42. The van der Waals surface area contributed by atoms with Gasteiger partial charge in [-0.05, 0) is 31.9 Å². The van der Waals surface area contributed by atoms with Crippen molar-refractivity contribution in [2.75, 3.05) is 23.8 Å². The van der Waals surface area contributed by atoms with Crippen LogP contribution in [0.25, 0.3) is 5.69 Å². The molecule has 1 aliphatic rings. The third-order valence-electron chi connectivity index (χ3n) is 4.53. The molecule has 140 valence electrons. The van der Waals surface area contributed by atoms with Crippen molar-refractivity contribution in [1.82, 2.24) is 19.7 Å². The fourth-order valence-corrected chi connectivity index (χ4v) is 5.73. The number of hydrogen-bond donors (Lipinski definition) is 0. The summed E-state index contributed by atoms with van der Waals surface area (Å²) in [6, 6.07) is 7.68. The van der Waals surface area contributed by atoms with Crippen molar-refractivity contribution < 1.29 is 13.2 Å². The molecular formula is C17H22N4O3S2. The minimum atomic E-state index is -3.02. The largest absolute Gasteiger partial charge is 0.338 e. The molecule has 2 heterocycles. The number of para-hydroxylation sites is 1. The number of hydrogen-bond acceptors (Lipinski definition) is 6. The van der Waals surface area contributed by atoms with Gasteiger partial charge < -0.3 is 4.90 Å². The van der Waals surface area contributed by atoms with Crippen LogP contribution in [0, 0.1) is 6.92 Å².